The van der Waals surface area contributed by atoms with Crippen LogP contribution in [-0.4, -0.2) is 19.6 Å². The molecule has 1 atom stereocenters. The molecule has 0 amide bonds. The van der Waals surface area contributed by atoms with Gasteiger partial charge in [0.15, 0.2) is 0 Å². The molecule has 102 valence electrons. The van der Waals surface area contributed by atoms with E-state index in [0.717, 1.165) is 11.3 Å². The molecule has 2 nitrogen and oxygen atoms in total. The van der Waals surface area contributed by atoms with E-state index in [0.29, 0.717) is 6.54 Å². The highest BCUT2D eigenvalue weighted by atomic mass is 35.5. The van der Waals surface area contributed by atoms with Crippen LogP contribution in [-0.2, 0) is 5.54 Å². The van der Waals surface area contributed by atoms with E-state index in [4.69, 9.17) is 4.74 Å². The third-order valence-electron chi connectivity index (χ3n) is 3.35. The summed E-state index contributed by atoms with van der Waals surface area (Å²) in [6.45, 7) is 2.16. The number of halogens is 3. The van der Waals surface area contributed by atoms with Crippen LogP contribution in [0.5, 0.6) is 5.75 Å². The first-order valence-corrected chi connectivity index (χ1v) is 5.73. The van der Waals surface area contributed by atoms with Crippen molar-refractivity contribution in [3.8, 4) is 5.75 Å². The average molecular weight is 278 g/mol. The Morgan fingerprint density at radius 2 is 1.83 bits per heavy atom. The van der Waals surface area contributed by atoms with Crippen LogP contribution in [0.3, 0.4) is 0 Å². The zero-order valence-electron chi connectivity index (χ0n) is 10.5. The van der Waals surface area contributed by atoms with Crippen molar-refractivity contribution in [1.29, 1.82) is 0 Å². The summed E-state index contributed by atoms with van der Waals surface area (Å²) in [5, 5.41) is 3.18. The number of rotatable bonds is 2. The summed E-state index contributed by atoms with van der Waals surface area (Å²) in [4.78, 5) is 0. The van der Waals surface area contributed by atoms with Crippen molar-refractivity contribution in [2.75, 3.05) is 13.7 Å². The largest absolute Gasteiger partial charge is 0.497 e. The van der Waals surface area contributed by atoms with Gasteiger partial charge in [0, 0.05) is 24.9 Å². The van der Waals surface area contributed by atoms with Gasteiger partial charge < -0.3 is 10.1 Å². The lowest BCUT2D eigenvalue weighted by Gasteiger charge is -2.39. The second kappa shape index (κ2) is 5.41. The van der Waals surface area contributed by atoms with E-state index >= 15 is 0 Å². The van der Waals surface area contributed by atoms with Gasteiger partial charge in [-0.3, -0.25) is 0 Å². The van der Waals surface area contributed by atoms with Crippen molar-refractivity contribution in [3.05, 3.63) is 29.8 Å². The standard InChI is InChI=1S/C13H17F2NO.ClH/c1-12(9-13(14,15)7-8-16-12)10-3-5-11(17-2)6-4-10;/h3-6,16H,7-9H2,1-2H3;1H. The second-order valence-corrected chi connectivity index (χ2v) is 4.77. The van der Waals surface area contributed by atoms with Gasteiger partial charge in [-0.15, -0.1) is 12.4 Å². The van der Waals surface area contributed by atoms with Crippen LogP contribution in [0, 0.1) is 0 Å². The Hall–Kier alpha value is -0.870. The third kappa shape index (κ3) is 3.12. The molecule has 1 aliphatic heterocycles. The first-order chi connectivity index (χ1) is 7.95. The van der Waals surface area contributed by atoms with E-state index in [1.54, 1.807) is 19.2 Å². The van der Waals surface area contributed by atoms with Crippen LogP contribution in [0.25, 0.3) is 0 Å². The predicted octanol–water partition coefficient (Wildman–Crippen LogP) is 3.35. The molecule has 18 heavy (non-hydrogen) atoms. The summed E-state index contributed by atoms with van der Waals surface area (Å²) in [5.74, 6) is -1.85. The maximum absolute atomic E-state index is 13.5. The topological polar surface area (TPSA) is 21.3 Å². The summed E-state index contributed by atoms with van der Waals surface area (Å²) >= 11 is 0. The number of methoxy groups -OCH3 is 1. The molecule has 1 saturated heterocycles. The van der Waals surface area contributed by atoms with Gasteiger partial charge in [-0.05, 0) is 24.6 Å². The highest BCUT2D eigenvalue weighted by molar-refractivity contribution is 5.85. The van der Waals surface area contributed by atoms with Crippen molar-refractivity contribution in [3.63, 3.8) is 0 Å². The number of benzene rings is 1. The molecule has 0 bridgehead atoms. The van der Waals surface area contributed by atoms with Crippen LogP contribution in [0.15, 0.2) is 24.3 Å². The molecule has 0 aromatic heterocycles. The Morgan fingerprint density at radius 1 is 1.22 bits per heavy atom. The molecule has 1 aromatic carbocycles. The van der Waals surface area contributed by atoms with Crippen LogP contribution in [0.4, 0.5) is 8.78 Å². The van der Waals surface area contributed by atoms with Gasteiger partial charge in [0.05, 0.1) is 7.11 Å². The van der Waals surface area contributed by atoms with E-state index in [1.807, 2.05) is 19.1 Å². The first kappa shape index (κ1) is 15.2. The van der Waals surface area contributed by atoms with Gasteiger partial charge >= 0.3 is 0 Å². The van der Waals surface area contributed by atoms with Gasteiger partial charge in [0.1, 0.15) is 5.75 Å². The summed E-state index contributed by atoms with van der Waals surface area (Å²) < 4.78 is 32.0. The summed E-state index contributed by atoms with van der Waals surface area (Å²) in [5.41, 5.74) is 0.214. The van der Waals surface area contributed by atoms with E-state index in [9.17, 15) is 8.78 Å². The minimum absolute atomic E-state index is 0. The Morgan fingerprint density at radius 3 is 2.33 bits per heavy atom. The number of piperidine rings is 1. The molecule has 1 fully saturated rings. The lowest BCUT2D eigenvalue weighted by molar-refractivity contribution is -0.0611. The fraction of sp³-hybridized carbons (Fsp3) is 0.538. The van der Waals surface area contributed by atoms with Crippen molar-refractivity contribution in [1.82, 2.24) is 5.32 Å². The maximum atomic E-state index is 13.5. The Balaban J connectivity index is 0.00000162. The monoisotopic (exact) mass is 277 g/mol. The van der Waals surface area contributed by atoms with Gasteiger partial charge in [-0.25, -0.2) is 8.78 Å². The Kier molecular flexibility index (Phi) is 4.56. The Labute approximate surface area is 112 Å². The van der Waals surface area contributed by atoms with Crippen LogP contribution in [0.1, 0.15) is 25.3 Å². The quantitative estimate of drug-likeness (QED) is 0.895. The van der Waals surface area contributed by atoms with Gasteiger partial charge in [0.25, 0.3) is 5.92 Å². The lowest BCUT2D eigenvalue weighted by Crippen LogP contribution is -2.50. The molecule has 1 aliphatic rings. The second-order valence-electron chi connectivity index (χ2n) is 4.77. The maximum Gasteiger partial charge on any atom is 0.251 e. The lowest BCUT2D eigenvalue weighted by atomic mass is 9.82. The van der Waals surface area contributed by atoms with Crippen molar-refractivity contribution < 1.29 is 13.5 Å². The average Bonchev–Trinajstić information content (AvgIpc) is 2.27. The molecule has 1 aromatic rings. The van der Waals surface area contributed by atoms with E-state index in [2.05, 4.69) is 5.32 Å². The predicted molar refractivity (Wildman–Crippen MR) is 69.8 cm³/mol. The van der Waals surface area contributed by atoms with E-state index in [1.165, 1.54) is 0 Å². The molecule has 1 heterocycles. The highest BCUT2D eigenvalue weighted by Gasteiger charge is 2.43. The van der Waals surface area contributed by atoms with E-state index in [-0.39, 0.29) is 25.2 Å². The summed E-state index contributed by atoms with van der Waals surface area (Å²) in [7, 11) is 1.59. The summed E-state index contributed by atoms with van der Waals surface area (Å²) in [6.07, 6.45) is -0.245. The molecule has 1 N–H and O–H groups in total. The smallest absolute Gasteiger partial charge is 0.251 e. The zero-order chi connectivity index (χ0) is 12.5. The fourth-order valence-electron chi connectivity index (χ4n) is 2.35. The SMILES string of the molecule is COc1ccc(C2(C)CC(F)(F)CCN2)cc1.Cl. The minimum Gasteiger partial charge on any atom is -0.497 e. The molecular formula is C13H18ClF2NO. The molecule has 0 spiro atoms. The zero-order valence-corrected chi connectivity index (χ0v) is 11.3. The molecule has 0 radical (unpaired) electrons. The normalized spacial score (nSPS) is 26.2. The fourth-order valence-corrected chi connectivity index (χ4v) is 2.35. The number of alkyl halides is 2. The van der Waals surface area contributed by atoms with Crippen molar-refractivity contribution in [2.24, 2.45) is 0 Å². The van der Waals surface area contributed by atoms with E-state index < -0.39 is 11.5 Å². The van der Waals surface area contributed by atoms with Crippen molar-refractivity contribution in [2.45, 2.75) is 31.2 Å². The highest BCUT2D eigenvalue weighted by Crippen LogP contribution is 2.39. The number of hydrogen-bond donors (Lipinski definition) is 1. The van der Waals surface area contributed by atoms with Gasteiger partial charge in [-0.2, -0.15) is 0 Å². The first-order valence-electron chi connectivity index (χ1n) is 5.73. The number of hydrogen-bond acceptors (Lipinski definition) is 2. The van der Waals surface area contributed by atoms with Crippen molar-refractivity contribution >= 4 is 12.4 Å². The van der Waals surface area contributed by atoms with Crippen LogP contribution in [0.2, 0.25) is 0 Å². The minimum atomic E-state index is -2.58. The molecule has 2 rings (SSSR count). The van der Waals surface area contributed by atoms with Gasteiger partial charge in [0.2, 0.25) is 0 Å². The number of ether oxygens (including phenoxy) is 1. The summed E-state index contributed by atoms with van der Waals surface area (Å²) in [6, 6.07) is 7.28. The molecule has 0 aliphatic carbocycles. The molecule has 5 heteroatoms. The molecule has 0 saturated carbocycles. The molecule has 1 unspecified atom stereocenters. The number of nitrogens with one attached hydrogen (secondary N) is 1. The third-order valence-corrected chi connectivity index (χ3v) is 3.35. The van der Waals surface area contributed by atoms with Crippen LogP contribution < -0.4 is 10.1 Å². The molecular weight excluding hydrogens is 260 g/mol. The Bertz CT molecular complexity index is 396. The van der Waals surface area contributed by atoms with Crippen LogP contribution >= 0.6 is 12.4 Å². The van der Waals surface area contributed by atoms with Gasteiger partial charge in [-0.1, -0.05) is 12.1 Å².